The number of rotatable bonds is 9. The number of benzene rings is 2. The van der Waals surface area contributed by atoms with E-state index in [1.165, 1.54) is 18.2 Å². The zero-order valence-electron chi connectivity index (χ0n) is 16.5. The molecule has 0 spiro atoms. The highest BCUT2D eigenvalue weighted by molar-refractivity contribution is 7.89. The van der Waals surface area contributed by atoms with Crippen LogP contribution >= 0.6 is 11.6 Å². The van der Waals surface area contributed by atoms with Crippen molar-refractivity contribution in [3.63, 3.8) is 0 Å². The molecule has 0 saturated carbocycles. The summed E-state index contributed by atoms with van der Waals surface area (Å²) in [7, 11) is -3.92. The molecule has 1 N–H and O–H groups in total. The zero-order valence-corrected chi connectivity index (χ0v) is 18.1. The van der Waals surface area contributed by atoms with Gasteiger partial charge in [-0.1, -0.05) is 11.6 Å². The predicted molar refractivity (Wildman–Crippen MR) is 113 cm³/mol. The first-order valence-corrected chi connectivity index (χ1v) is 11.5. The molecule has 164 valence electrons. The average molecular weight is 465 g/mol. The minimum atomic E-state index is -3.92. The molecule has 1 fully saturated rings. The van der Waals surface area contributed by atoms with Gasteiger partial charge >= 0.3 is 5.97 Å². The molecule has 1 aliphatic heterocycles. The molecule has 0 bridgehead atoms. The van der Waals surface area contributed by atoms with Crippen molar-refractivity contribution in [1.29, 1.82) is 5.26 Å². The largest absolute Gasteiger partial charge is 0.490 e. The van der Waals surface area contributed by atoms with Crippen molar-refractivity contribution in [2.24, 2.45) is 0 Å². The Kier molecular flexibility index (Phi) is 7.87. The lowest BCUT2D eigenvalue weighted by molar-refractivity contribution is 0.0450. The fourth-order valence-electron chi connectivity index (χ4n) is 2.92. The second-order valence-corrected chi connectivity index (χ2v) is 8.90. The maximum absolute atomic E-state index is 12.6. The lowest BCUT2D eigenvalue weighted by Crippen LogP contribution is -2.32. The lowest BCUT2D eigenvalue weighted by atomic mass is 10.2. The maximum Gasteiger partial charge on any atom is 0.338 e. The number of nitrogens with zero attached hydrogens (tertiary/aromatic N) is 1. The van der Waals surface area contributed by atoms with Crippen molar-refractivity contribution < 1.29 is 27.4 Å². The van der Waals surface area contributed by atoms with E-state index in [1.54, 1.807) is 24.3 Å². The summed E-state index contributed by atoms with van der Waals surface area (Å²) in [5.74, 6) is -0.164. The van der Waals surface area contributed by atoms with Crippen LogP contribution in [0.4, 0.5) is 0 Å². The molecule has 0 aliphatic carbocycles. The summed E-state index contributed by atoms with van der Waals surface area (Å²) in [6.07, 6.45) is 1.51. The standard InChI is InChI=1S/C21H21ClN2O6S/c22-19-8-5-16(12-20(19)31(26,27)24-14-18-2-1-9-28-18)21(25)30-11-10-29-17-6-3-15(13-23)4-7-17/h3-8,12,18,24H,1-2,9-11,14H2. The summed E-state index contributed by atoms with van der Waals surface area (Å²) in [5.41, 5.74) is 0.567. The highest BCUT2D eigenvalue weighted by Gasteiger charge is 2.23. The molecular weight excluding hydrogens is 444 g/mol. The zero-order chi connectivity index (χ0) is 22.3. The Labute approximate surface area is 185 Å². The Morgan fingerprint density at radius 1 is 1.23 bits per heavy atom. The van der Waals surface area contributed by atoms with E-state index in [0.717, 1.165) is 12.8 Å². The molecule has 2 aromatic carbocycles. The van der Waals surface area contributed by atoms with Crippen LogP contribution in [0.1, 0.15) is 28.8 Å². The molecule has 1 saturated heterocycles. The van der Waals surface area contributed by atoms with Gasteiger partial charge in [-0.25, -0.2) is 17.9 Å². The number of hydrogen-bond acceptors (Lipinski definition) is 7. The van der Waals surface area contributed by atoms with Crippen LogP contribution in [0, 0.1) is 11.3 Å². The molecule has 10 heteroatoms. The highest BCUT2D eigenvalue weighted by atomic mass is 35.5. The van der Waals surface area contributed by atoms with Gasteiger partial charge in [-0.2, -0.15) is 5.26 Å². The Hall–Kier alpha value is -2.64. The molecule has 8 nitrogen and oxygen atoms in total. The fourth-order valence-corrected chi connectivity index (χ4v) is 4.51. The van der Waals surface area contributed by atoms with Gasteiger partial charge in [-0.15, -0.1) is 0 Å². The number of nitrogens with one attached hydrogen (secondary N) is 1. The Bertz CT molecular complexity index is 1060. The second kappa shape index (κ2) is 10.6. The number of halogens is 1. The molecule has 2 aromatic rings. The number of nitriles is 1. The van der Waals surface area contributed by atoms with Crippen molar-refractivity contribution >= 4 is 27.6 Å². The van der Waals surface area contributed by atoms with E-state index in [4.69, 9.17) is 31.1 Å². The normalized spacial score (nSPS) is 15.9. The second-order valence-electron chi connectivity index (χ2n) is 6.75. The molecule has 0 aromatic heterocycles. The molecule has 0 amide bonds. The number of carbonyl (C=O) groups is 1. The van der Waals surface area contributed by atoms with Gasteiger partial charge in [0.05, 0.1) is 28.3 Å². The van der Waals surface area contributed by atoms with E-state index in [1.807, 2.05) is 6.07 Å². The minimum absolute atomic E-state index is 0.000500. The van der Waals surface area contributed by atoms with Crippen molar-refractivity contribution in [2.75, 3.05) is 26.4 Å². The highest BCUT2D eigenvalue weighted by Crippen LogP contribution is 2.23. The van der Waals surface area contributed by atoms with E-state index in [-0.39, 0.29) is 41.3 Å². The third kappa shape index (κ3) is 6.42. The van der Waals surface area contributed by atoms with Gasteiger partial charge in [-0.3, -0.25) is 0 Å². The molecule has 1 unspecified atom stereocenters. The maximum atomic E-state index is 12.6. The topological polar surface area (TPSA) is 115 Å². The number of esters is 1. The SMILES string of the molecule is N#Cc1ccc(OCCOC(=O)c2ccc(Cl)c(S(=O)(=O)NCC3CCCO3)c2)cc1. The number of sulfonamides is 1. The molecule has 3 rings (SSSR count). The smallest absolute Gasteiger partial charge is 0.338 e. The van der Waals surface area contributed by atoms with Crippen molar-refractivity contribution in [3.8, 4) is 11.8 Å². The van der Waals surface area contributed by atoms with Crippen LogP contribution in [-0.2, 0) is 19.5 Å². The van der Waals surface area contributed by atoms with Crippen LogP contribution in [0.25, 0.3) is 0 Å². The first kappa shape index (κ1) is 23.0. The van der Waals surface area contributed by atoms with Crippen LogP contribution in [0.2, 0.25) is 5.02 Å². The molecule has 1 atom stereocenters. The van der Waals surface area contributed by atoms with Gasteiger partial charge in [0.15, 0.2) is 0 Å². The van der Waals surface area contributed by atoms with Crippen molar-refractivity contribution in [2.45, 2.75) is 23.8 Å². The number of ether oxygens (including phenoxy) is 3. The monoisotopic (exact) mass is 464 g/mol. The Morgan fingerprint density at radius 2 is 2.00 bits per heavy atom. The summed E-state index contributed by atoms with van der Waals surface area (Å²) in [4.78, 5) is 12.1. The van der Waals surface area contributed by atoms with Gasteiger partial charge in [-0.05, 0) is 55.3 Å². The van der Waals surface area contributed by atoms with Crippen LogP contribution < -0.4 is 9.46 Å². The molecular formula is C21H21ClN2O6S. The minimum Gasteiger partial charge on any atom is -0.490 e. The van der Waals surface area contributed by atoms with E-state index >= 15 is 0 Å². The molecule has 1 aliphatic rings. The molecule has 31 heavy (non-hydrogen) atoms. The first-order valence-electron chi connectivity index (χ1n) is 9.60. The van der Waals surface area contributed by atoms with E-state index in [2.05, 4.69) is 4.72 Å². The number of hydrogen-bond donors (Lipinski definition) is 1. The fraction of sp³-hybridized carbons (Fsp3) is 0.333. The van der Waals surface area contributed by atoms with Gasteiger partial charge in [0, 0.05) is 13.2 Å². The average Bonchev–Trinajstić information content (AvgIpc) is 3.29. The summed E-state index contributed by atoms with van der Waals surface area (Å²) >= 11 is 6.05. The van der Waals surface area contributed by atoms with E-state index < -0.39 is 16.0 Å². The molecule has 1 heterocycles. The Balaban J connectivity index is 1.55. The van der Waals surface area contributed by atoms with Gasteiger partial charge in [0.1, 0.15) is 23.9 Å². The first-order chi connectivity index (χ1) is 14.9. The summed E-state index contributed by atoms with van der Waals surface area (Å²) in [6.45, 7) is 0.809. The van der Waals surface area contributed by atoms with Crippen LogP contribution in [0.3, 0.4) is 0 Å². The van der Waals surface area contributed by atoms with E-state index in [9.17, 15) is 13.2 Å². The summed E-state index contributed by atoms with van der Waals surface area (Å²) < 4.78 is 43.7. The third-order valence-corrected chi connectivity index (χ3v) is 6.46. The quantitative estimate of drug-likeness (QED) is 0.448. The van der Waals surface area contributed by atoms with Gasteiger partial charge in [0.25, 0.3) is 0 Å². The van der Waals surface area contributed by atoms with E-state index in [0.29, 0.717) is 17.9 Å². The van der Waals surface area contributed by atoms with Gasteiger partial charge in [0.2, 0.25) is 10.0 Å². The predicted octanol–water partition coefficient (Wildman–Crippen LogP) is 2.90. The summed E-state index contributed by atoms with van der Waals surface area (Å²) in [6, 6.07) is 12.4. The third-order valence-electron chi connectivity index (χ3n) is 4.55. The van der Waals surface area contributed by atoms with Crippen LogP contribution in [-0.4, -0.2) is 46.9 Å². The van der Waals surface area contributed by atoms with Crippen LogP contribution in [0.15, 0.2) is 47.4 Å². The van der Waals surface area contributed by atoms with Crippen LogP contribution in [0.5, 0.6) is 5.75 Å². The summed E-state index contributed by atoms with van der Waals surface area (Å²) in [5, 5.41) is 8.78. The van der Waals surface area contributed by atoms with Gasteiger partial charge < -0.3 is 14.2 Å². The number of carbonyl (C=O) groups excluding carboxylic acids is 1. The lowest BCUT2D eigenvalue weighted by Gasteiger charge is -2.13. The van der Waals surface area contributed by atoms with Crippen molar-refractivity contribution in [3.05, 3.63) is 58.6 Å². The Morgan fingerprint density at radius 3 is 2.68 bits per heavy atom. The van der Waals surface area contributed by atoms with Crippen molar-refractivity contribution in [1.82, 2.24) is 4.72 Å². The molecule has 0 radical (unpaired) electrons.